The highest BCUT2D eigenvalue weighted by Crippen LogP contribution is 2.56. The fourth-order valence-corrected chi connectivity index (χ4v) is 5.54. The van der Waals surface area contributed by atoms with Crippen LogP contribution in [0, 0.1) is 11.8 Å². The predicted molar refractivity (Wildman–Crippen MR) is 106 cm³/mol. The number of rotatable bonds is 7. The Hall–Kier alpha value is -1.56. The molecule has 0 aliphatic rings. The van der Waals surface area contributed by atoms with Crippen LogP contribution >= 0.6 is 0 Å². The van der Waals surface area contributed by atoms with Gasteiger partial charge in [-0.05, 0) is 35.8 Å². The second-order valence-corrected chi connectivity index (χ2v) is 7.69. The molecule has 2 aromatic carbocycles. The molecule has 0 nitrogen and oxygen atoms in total. The topological polar surface area (TPSA) is 0 Å². The summed E-state index contributed by atoms with van der Waals surface area (Å²) in [4.78, 5) is 0. The Morgan fingerprint density at radius 3 is 1.08 bits per heavy atom. The second-order valence-electron chi connectivity index (χ2n) is 7.69. The minimum atomic E-state index is 0.124. The lowest BCUT2D eigenvalue weighted by Crippen LogP contribution is -2.55. The van der Waals surface area contributed by atoms with Gasteiger partial charge in [-0.2, -0.15) is 0 Å². The van der Waals surface area contributed by atoms with E-state index in [0.29, 0.717) is 11.8 Å². The SMILES string of the molecule is CCC(c1ccccc1)(C(C)C)C(CC)(c1ccccc1)C(C)C. The van der Waals surface area contributed by atoms with E-state index in [2.05, 4.69) is 102 Å². The zero-order valence-electron chi connectivity index (χ0n) is 16.3. The molecule has 0 saturated heterocycles. The zero-order valence-corrected chi connectivity index (χ0v) is 16.3. The van der Waals surface area contributed by atoms with Crippen LogP contribution in [0.2, 0.25) is 0 Å². The first-order valence-corrected chi connectivity index (χ1v) is 9.58. The van der Waals surface area contributed by atoms with Crippen LogP contribution < -0.4 is 0 Å². The van der Waals surface area contributed by atoms with E-state index in [1.54, 1.807) is 0 Å². The summed E-state index contributed by atoms with van der Waals surface area (Å²) in [5.74, 6) is 1.12. The zero-order chi connectivity index (χ0) is 17.8. The molecule has 0 bridgehead atoms. The highest BCUT2D eigenvalue weighted by Gasteiger charge is 2.54. The molecule has 0 aliphatic carbocycles. The smallest absolute Gasteiger partial charge is 0.00725 e. The molecule has 0 amide bonds. The van der Waals surface area contributed by atoms with Gasteiger partial charge < -0.3 is 0 Å². The van der Waals surface area contributed by atoms with Crippen molar-refractivity contribution in [2.24, 2.45) is 11.8 Å². The first kappa shape index (κ1) is 18.8. The maximum Gasteiger partial charge on any atom is 0.00725 e. The Kier molecular flexibility index (Phi) is 5.91. The summed E-state index contributed by atoms with van der Waals surface area (Å²) >= 11 is 0. The maximum absolute atomic E-state index is 2.41. The molecule has 130 valence electrons. The Morgan fingerprint density at radius 1 is 0.583 bits per heavy atom. The molecule has 0 radical (unpaired) electrons. The van der Waals surface area contributed by atoms with E-state index in [4.69, 9.17) is 0 Å². The highest BCUT2D eigenvalue weighted by molar-refractivity contribution is 5.40. The Labute approximate surface area is 149 Å². The largest absolute Gasteiger partial charge is 0.0645 e. The van der Waals surface area contributed by atoms with Crippen molar-refractivity contribution in [2.45, 2.75) is 65.2 Å². The van der Waals surface area contributed by atoms with Crippen LogP contribution in [0.5, 0.6) is 0 Å². The standard InChI is InChI=1S/C24H34/c1-7-23(19(3)4,21-15-11-9-12-16-21)24(8-2,20(5)6)22-17-13-10-14-18-22/h9-20H,7-8H2,1-6H3. The minimum Gasteiger partial charge on any atom is -0.0645 e. The summed E-state index contributed by atoms with van der Waals surface area (Å²) in [5.41, 5.74) is 3.22. The number of benzene rings is 2. The molecule has 24 heavy (non-hydrogen) atoms. The maximum atomic E-state index is 2.41. The molecule has 0 spiro atoms. The summed E-state index contributed by atoms with van der Waals surface area (Å²) in [6, 6.07) is 22.5. The van der Waals surface area contributed by atoms with Crippen molar-refractivity contribution in [3.8, 4) is 0 Å². The minimum absolute atomic E-state index is 0.124. The van der Waals surface area contributed by atoms with Gasteiger partial charge in [0.05, 0.1) is 0 Å². The molecule has 0 heteroatoms. The van der Waals surface area contributed by atoms with Gasteiger partial charge in [-0.25, -0.2) is 0 Å². The molecule has 0 N–H and O–H groups in total. The lowest BCUT2D eigenvalue weighted by atomic mass is 9.47. The molecule has 0 saturated carbocycles. The summed E-state index contributed by atoms with van der Waals surface area (Å²) in [5, 5.41) is 0. The lowest BCUT2D eigenvalue weighted by Gasteiger charge is -2.56. The van der Waals surface area contributed by atoms with Crippen molar-refractivity contribution in [3.63, 3.8) is 0 Å². The number of hydrogen-bond donors (Lipinski definition) is 0. The molecule has 0 heterocycles. The van der Waals surface area contributed by atoms with Crippen molar-refractivity contribution in [1.29, 1.82) is 0 Å². The van der Waals surface area contributed by atoms with Crippen molar-refractivity contribution in [1.82, 2.24) is 0 Å². The van der Waals surface area contributed by atoms with E-state index in [9.17, 15) is 0 Å². The van der Waals surface area contributed by atoms with Gasteiger partial charge in [0.1, 0.15) is 0 Å². The molecular formula is C24H34. The van der Waals surface area contributed by atoms with Gasteiger partial charge in [0.15, 0.2) is 0 Å². The van der Waals surface area contributed by atoms with E-state index in [-0.39, 0.29) is 10.8 Å². The van der Waals surface area contributed by atoms with Gasteiger partial charge in [0.25, 0.3) is 0 Å². The fraction of sp³-hybridized carbons (Fsp3) is 0.500. The molecule has 2 unspecified atom stereocenters. The molecule has 0 aromatic heterocycles. The quantitative estimate of drug-likeness (QED) is 0.515. The first-order valence-electron chi connectivity index (χ1n) is 9.58. The molecule has 2 rings (SSSR count). The molecule has 0 aliphatic heterocycles. The Morgan fingerprint density at radius 2 is 0.875 bits per heavy atom. The third-order valence-electron chi connectivity index (χ3n) is 6.46. The molecule has 0 fully saturated rings. The van der Waals surface area contributed by atoms with Crippen LogP contribution in [0.1, 0.15) is 65.5 Å². The van der Waals surface area contributed by atoms with E-state index in [1.807, 2.05) is 0 Å². The summed E-state index contributed by atoms with van der Waals surface area (Å²) in [6.07, 6.45) is 2.30. The van der Waals surface area contributed by atoms with Crippen molar-refractivity contribution in [3.05, 3.63) is 71.8 Å². The molecule has 2 aromatic rings. The predicted octanol–water partition coefficient (Wildman–Crippen LogP) is 6.99. The van der Waals surface area contributed by atoms with E-state index in [1.165, 1.54) is 11.1 Å². The second kappa shape index (κ2) is 7.55. The van der Waals surface area contributed by atoms with E-state index >= 15 is 0 Å². The lowest BCUT2D eigenvalue weighted by molar-refractivity contribution is 0.0863. The third-order valence-corrected chi connectivity index (χ3v) is 6.46. The van der Waals surface area contributed by atoms with E-state index < -0.39 is 0 Å². The van der Waals surface area contributed by atoms with Gasteiger partial charge in [-0.1, -0.05) is 102 Å². The Balaban J connectivity index is 2.86. The van der Waals surface area contributed by atoms with Gasteiger partial charge in [0.2, 0.25) is 0 Å². The summed E-state index contributed by atoms with van der Waals surface area (Å²) in [6.45, 7) is 14.4. The number of hydrogen-bond acceptors (Lipinski definition) is 0. The average molecular weight is 323 g/mol. The third kappa shape index (κ3) is 2.70. The van der Waals surface area contributed by atoms with E-state index in [0.717, 1.165) is 12.8 Å². The Bertz CT molecular complexity index is 554. The van der Waals surface area contributed by atoms with Crippen LogP contribution in [0.25, 0.3) is 0 Å². The highest BCUT2D eigenvalue weighted by atomic mass is 14.6. The normalized spacial score (nSPS) is 16.8. The van der Waals surface area contributed by atoms with Crippen LogP contribution in [0.4, 0.5) is 0 Å². The van der Waals surface area contributed by atoms with Crippen molar-refractivity contribution in [2.75, 3.05) is 0 Å². The first-order chi connectivity index (χ1) is 11.5. The molecular weight excluding hydrogens is 288 g/mol. The summed E-state index contributed by atoms with van der Waals surface area (Å²) in [7, 11) is 0. The summed E-state index contributed by atoms with van der Waals surface area (Å²) < 4.78 is 0. The van der Waals surface area contributed by atoms with Crippen LogP contribution in [-0.2, 0) is 10.8 Å². The van der Waals surface area contributed by atoms with Gasteiger partial charge in [0, 0.05) is 10.8 Å². The van der Waals surface area contributed by atoms with Crippen LogP contribution in [0.15, 0.2) is 60.7 Å². The van der Waals surface area contributed by atoms with Crippen LogP contribution in [-0.4, -0.2) is 0 Å². The average Bonchev–Trinajstić information content (AvgIpc) is 2.60. The van der Waals surface area contributed by atoms with Crippen LogP contribution in [0.3, 0.4) is 0 Å². The monoisotopic (exact) mass is 322 g/mol. The molecule has 2 atom stereocenters. The van der Waals surface area contributed by atoms with Gasteiger partial charge >= 0.3 is 0 Å². The van der Waals surface area contributed by atoms with Gasteiger partial charge in [-0.3, -0.25) is 0 Å². The van der Waals surface area contributed by atoms with Crippen molar-refractivity contribution < 1.29 is 0 Å². The van der Waals surface area contributed by atoms with Crippen molar-refractivity contribution >= 4 is 0 Å². The van der Waals surface area contributed by atoms with Gasteiger partial charge in [-0.15, -0.1) is 0 Å². The fourth-order valence-electron chi connectivity index (χ4n) is 5.54.